The van der Waals surface area contributed by atoms with Gasteiger partial charge in [0, 0.05) is 15.2 Å². The third-order valence-corrected chi connectivity index (χ3v) is 3.34. The molecule has 0 bridgehead atoms. The van der Waals surface area contributed by atoms with E-state index < -0.39 is 32.0 Å². The van der Waals surface area contributed by atoms with Crippen LogP contribution in [-0.2, 0) is 9.05 Å². The fraction of sp³-hybridized carbons (Fsp3) is 0.167. The van der Waals surface area contributed by atoms with Gasteiger partial charge in [-0.2, -0.15) is 4.39 Å². The highest BCUT2D eigenvalue weighted by atomic mass is 79.9. The molecule has 0 aliphatic rings. The standard InChI is InChI=1S/C6H2BrClF3NO2S/c7-2-1-3(15(8,13)14)6(11)12-4(2)5(9)10/h1,5H. The summed E-state index contributed by atoms with van der Waals surface area (Å²) < 4.78 is 58.6. The van der Waals surface area contributed by atoms with Gasteiger partial charge >= 0.3 is 0 Å². The van der Waals surface area contributed by atoms with Gasteiger partial charge in [0.15, 0.2) is 0 Å². The van der Waals surface area contributed by atoms with E-state index in [0.29, 0.717) is 6.07 Å². The van der Waals surface area contributed by atoms with Gasteiger partial charge in [0.25, 0.3) is 15.5 Å². The van der Waals surface area contributed by atoms with E-state index in [1.165, 1.54) is 0 Å². The number of hydrogen-bond acceptors (Lipinski definition) is 3. The molecule has 0 aliphatic carbocycles. The quantitative estimate of drug-likeness (QED) is 0.621. The van der Waals surface area contributed by atoms with Gasteiger partial charge in [-0.1, -0.05) is 0 Å². The molecule has 3 nitrogen and oxygen atoms in total. The third-order valence-electron chi connectivity index (χ3n) is 1.39. The molecule has 0 spiro atoms. The molecule has 15 heavy (non-hydrogen) atoms. The molecule has 84 valence electrons. The Labute approximate surface area is 95.8 Å². The molecule has 0 amide bonds. The van der Waals surface area contributed by atoms with E-state index in [1.807, 2.05) is 0 Å². The van der Waals surface area contributed by atoms with E-state index in [2.05, 4.69) is 20.9 Å². The van der Waals surface area contributed by atoms with Crippen LogP contribution in [0.5, 0.6) is 0 Å². The minimum Gasteiger partial charge on any atom is -0.216 e. The number of hydrogen-bond donors (Lipinski definition) is 0. The highest BCUT2D eigenvalue weighted by Gasteiger charge is 2.23. The van der Waals surface area contributed by atoms with Gasteiger partial charge in [0.1, 0.15) is 10.6 Å². The van der Waals surface area contributed by atoms with Crippen LogP contribution < -0.4 is 0 Å². The maximum absolute atomic E-state index is 13.0. The molecule has 0 unspecified atom stereocenters. The van der Waals surface area contributed by atoms with Crippen molar-refractivity contribution in [2.45, 2.75) is 11.3 Å². The monoisotopic (exact) mass is 323 g/mol. The van der Waals surface area contributed by atoms with E-state index in [1.54, 1.807) is 0 Å². The smallest absolute Gasteiger partial charge is 0.216 e. The van der Waals surface area contributed by atoms with Crippen LogP contribution in [0.3, 0.4) is 0 Å². The van der Waals surface area contributed by atoms with Crippen molar-refractivity contribution in [2.24, 2.45) is 0 Å². The normalized spacial score (nSPS) is 12.1. The van der Waals surface area contributed by atoms with Crippen molar-refractivity contribution in [2.75, 3.05) is 0 Å². The molecule has 0 aromatic carbocycles. The van der Waals surface area contributed by atoms with Gasteiger partial charge in [-0.05, 0) is 22.0 Å². The van der Waals surface area contributed by atoms with E-state index in [9.17, 15) is 21.6 Å². The zero-order chi connectivity index (χ0) is 11.8. The van der Waals surface area contributed by atoms with E-state index >= 15 is 0 Å². The summed E-state index contributed by atoms with van der Waals surface area (Å²) in [5, 5.41) is 0. The van der Waals surface area contributed by atoms with Gasteiger partial charge in [-0.15, -0.1) is 0 Å². The van der Waals surface area contributed by atoms with Gasteiger partial charge in [0.2, 0.25) is 5.95 Å². The average Bonchev–Trinajstić information content (AvgIpc) is 2.06. The fourth-order valence-electron chi connectivity index (χ4n) is 0.787. The molecule has 0 atom stereocenters. The lowest BCUT2D eigenvalue weighted by Crippen LogP contribution is -2.03. The average molecular weight is 325 g/mol. The first-order valence-electron chi connectivity index (χ1n) is 3.32. The number of alkyl halides is 2. The topological polar surface area (TPSA) is 47.0 Å². The molecule has 0 saturated heterocycles. The van der Waals surface area contributed by atoms with Crippen LogP contribution in [0, 0.1) is 5.95 Å². The second-order valence-corrected chi connectivity index (χ2v) is 5.77. The SMILES string of the molecule is O=S(=O)(Cl)c1cc(Br)c(C(F)F)nc1F. The van der Waals surface area contributed by atoms with Gasteiger partial charge in [-0.3, -0.25) is 0 Å². The molecule has 0 fully saturated rings. The molecule has 1 aromatic rings. The summed E-state index contributed by atoms with van der Waals surface area (Å²) >= 11 is 2.64. The van der Waals surface area contributed by atoms with Crippen molar-refractivity contribution in [3.63, 3.8) is 0 Å². The lowest BCUT2D eigenvalue weighted by atomic mass is 10.3. The molecular formula is C6H2BrClF3NO2S. The molecule has 0 N–H and O–H groups in total. The molecule has 1 aromatic heterocycles. The number of halogens is 5. The van der Waals surface area contributed by atoms with Crippen molar-refractivity contribution < 1.29 is 21.6 Å². The second kappa shape index (κ2) is 4.26. The molecule has 0 aliphatic heterocycles. The van der Waals surface area contributed by atoms with Gasteiger partial charge in [0.05, 0.1) is 0 Å². The number of nitrogens with zero attached hydrogens (tertiary/aromatic N) is 1. The number of rotatable bonds is 2. The first kappa shape index (κ1) is 12.7. The molecule has 0 saturated carbocycles. The van der Waals surface area contributed by atoms with E-state index in [-0.39, 0.29) is 4.47 Å². The van der Waals surface area contributed by atoms with Crippen LogP contribution in [0.1, 0.15) is 12.1 Å². The summed E-state index contributed by atoms with van der Waals surface area (Å²) in [7, 11) is 0.513. The van der Waals surface area contributed by atoms with Crippen LogP contribution >= 0.6 is 26.6 Å². The van der Waals surface area contributed by atoms with E-state index in [4.69, 9.17) is 10.7 Å². The Morgan fingerprint density at radius 2 is 2.00 bits per heavy atom. The summed E-state index contributed by atoms with van der Waals surface area (Å²) in [6, 6.07) is 0.645. The highest BCUT2D eigenvalue weighted by molar-refractivity contribution is 9.10. The predicted octanol–water partition coefficient (Wildman–Crippen LogP) is 2.85. The lowest BCUT2D eigenvalue weighted by molar-refractivity contribution is 0.143. The zero-order valence-corrected chi connectivity index (χ0v) is 9.87. The lowest BCUT2D eigenvalue weighted by Gasteiger charge is -2.04. The largest absolute Gasteiger partial charge is 0.281 e. The predicted molar refractivity (Wildman–Crippen MR) is 49.9 cm³/mol. The summed E-state index contributed by atoms with van der Waals surface area (Å²) in [6.45, 7) is 0. The Hall–Kier alpha value is -0.340. The minimum absolute atomic E-state index is 0.321. The van der Waals surface area contributed by atoms with Crippen LogP contribution in [0.15, 0.2) is 15.4 Å². The summed E-state index contributed by atoms with van der Waals surface area (Å²) in [4.78, 5) is 1.87. The number of aromatic nitrogens is 1. The van der Waals surface area contributed by atoms with Crippen LogP contribution in [0.2, 0.25) is 0 Å². The van der Waals surface area contributed by atoms with Crippen molar-refractivity contribution in [1.82, 2.24) is 4.98 Å². The minimum atomic E-state index is -4.34. The summed E-state index contributed by atoms with van der Waals surface area (Å²) in [6.07, 6.45) is -3.01. The van der Waals surface area contributed by atoms with E-state index in [0.717, 1.165) is 0 Å². The summed E-state index contributed by atoms with van der Waals surface area (Å²) in [5.41, 5.74) is -0.878. The first-order chi connectivity index (χ1) is 6.73. The maximum atomic E-state index is 13.0. The molecular weight excluding hydrogens is 322 g/mol. The maximum Gasteiger partial charge on any atom is 0.281 e. The number of pyridine rings is 1. The summed E-state index contributed by atoms with van der Waals surface area (Å²) in [5.74, 6) is -1.55. The van der Waals surface area contributed by atoms with Crippen molar-refractivity contribution in [3.8, 4) is 0 Å². The van der Waals surface area contributed by atoms with Crippen LogP contribution in [-0.4, -0.2) is 13.4 Å². The Balaban J connectivity index is 3.46. The Morgan fingerprint density at radius 3 is 2.40 bits per heavy atom. The van der Waals surface area contributed by atoms with Crippen molar-refractivity contribution in [3.05, 3.63) is 22.2 Å². The molecule has 1 rings (SSSR count). The first-order valence-corrected chi connectivity index (χ1v) is 6.42. The van der Waals surface area contributed by atoms with Crippen LogP contribution in [0.4, 0.5) is 13.2 Å². The zero-order valence-electron chi connectivity index (χ0n) is 6.72. The van der Waals surface area contributed by atoms with Crippen LogP contribution in [0.25, 0.3) is 0 Å². The van der Waals surface area contributed by atoms with Crippen molar-refractivity contribution >= 4 is 35.7 Å². The fourth-order valence-corrected chi connectivity index (χ4v) is 2.26. The van der Waals surface area contributed by atoms with Gasteiger partial charge < -0.3 is 0 Å². The molecule has 0 radical (unpaired) electrons. The molecule has 1 heterocycles. The second-order valence-electron chi connectivity index (χ2n) is 2.38. The Bertz CT molecular complexity index is 493. The highest BCUT2D eigenvalue weighted by Crippen LogP contribution is 2.29. The van der Waals surface area contributed by atoms with Gasteiger partial charge in [-0.25, -0.2) is 22.2 Å². The third kappa shape index (κ3) is 2.82. The van der Waals surface area contributed by atoms with Crippen molar-refractivity contribution in [1.29, 1.82) is 0 Å². The Morgan fingerprint density at radius 1 is 1.47 bits per heavy atom. The molecule has 9 heteroatoms. The Kier molecular flexibility index (Phi) is 3.62.